The lowest BCUT2D eigenvalue weighted by Crippen LogP contribution is -2.35. The minimum absolute atomic E-state index is 0.000284. The molecule has 0 unspecified atom stereocenters. The Kier molecular flexibility index (Phi) is 3.73. The van der Waals surface area contributed by atoms with Crippen molar-refractivity contribution in [1.29, 1.82) is 5.41 Å². The number of benzene rings is 1. The molecular formula is C19H14N4O4S. The Labute approximate surface area is 163 Å². The molecule has 8 nitrogen and oxygen atoms in total. The van der Waals surface area contributed by atoms with Crippen molar-refractivity contribution in [3.8, 4) is 5.75 Å². The minimum Gasteiger partial charge on any atom is -0.493 e. The monoisotopic (exact) mass is 394 g/mol. The smallest absolute Gasteiger partial charge is 0.283 e. The SMILES string of the molecule is COc1cccc2c(=O)c(C=C3C(=N)N4N=C(C5CC5)SC4=NC3=O)coc12. The summed E-state index contributed by atoms with van der Waals surface area (Å²) < 4.78 is 10.8. The first-order chi connectivity index (χ1) is 13.6. The lowest BCUT2D eigenvalue weighted by atomic mass is 10.1. The highest BCUT2D eigenvalue weighted by Crippen LogP contribution is 2.40. The summed E-state index contributed by atoms with van der Waals surface area (Å²) in [5, 5.41) is 15.8. The van der Waals surface area contributed by atoms with E-state index in [1.165, 1.54) is 36.2 Å². The van der Waals surface area contributed by atoms with Gasteiger partial charge in [-0.2, -0.15) is 15.1 Å². The molecule has 2 aromatic rings. The first-order valence-corrected chi connectivity index (χ1v) is 9.47. The lowest BCUT2D eigenvalue weighted by molar-refractivity contribution is -0.114. The summed E-state index contributed by atoms with van der Waals surface area (Å²) in [4.78, 5) is 29.4. The van der Waals surface area contributed by atoms with E-state index in [-0.39, 0.29) is 22.4 Å². The van der Waals surface area contributed by atoms with Crippen molar-refractivity contribution in [3.05, 3.63) is 45.8 Å². The largest absolute Gasteiger partial charge is 0.493 e. The Morgan fingerprint density at radius 3 is 2.93 bits per heavy atom. The maximum absolute atomic E-state index is 12.8. The number of hydrogen-bond acceptors (Lipinski definition) is 7. The highest BCUT2D eigenvalue weighted by atomic mass is 32.2. The third kappa shape index (κ3) is 2.58. The van der Waals surface area contributed by atoms with Crippen LogP contribution in [0.3, 0.4) is 0 Å². The van der Waals surface area contributed by atoms with Crippen LogP contribution in [0.1, 0.15) is 18.4 Å². The molecule has 1 N–H and O–H groups in total. The van der Waals surface area contributed by atoms with Crippen molar-refractivity contribution in [3.63, 3.8) is 0 Å². The van der Waals surface area contributed by atoms with Crippen LogP contribution < -0.4 is 10.2 Å². The third-order valence-electron chi connectivity index (χ3n) is 4.71. The van der Waals surface area contributed by atoms with Crippen molar-refractivity contribution >= 4 is 50.8 Å². The van der Waals surface area contributed by atoms with Crippen LogP contribution in [-0.2, 0) is 4.79 Å². The zero-order chi connectivity index (χ0) is 19.4. The van der Waals surface area contributed by atoms with Gasteiger partial charge in [0.25, 0.3) is 5.91 Å². The summed E-state index contributed by atoms with van der Waals surface area (Å²) in [5.74, 6) is 0.182. The Balaban J connectivity index is 1.58. The number of ether oxygens (including phenoxy) is 1. The topological polar surface area (TPSA) is 108 Å². The summed E-state index contributed by atoms with van der Waals surface area (Å²) in [6.45, 7) is 0. The number of thioether (sulfide) groups is 1. The van der Waals surface area contributed by atoms with Crippen molar-refractivity contribution in [2.45, 2.75) is 12.8 Å². The number of nitrogens with zero attached hydrogens (tertiary/aromatic N) is 3. The minimum atomic E-state index is -0.568. The summed E-state index contributed by atoms with van der Waals surface area (Å²) in [6.07, 6.45) is 4.74. The van der Waals surface area contributed by atoms with Gasteiger partial charge >= 0.3 is 0 Å². The van der Waals surface area contributed by atoms with Crippen LogP contribution in [-0.4, -0.2) is 34.1 Å². The molecule has 28 heavy (non-hydrogen) atoms. The molecule has 0 bridgehead atoms. The van der Waals surface area contributed by atoms with Gasteiger partial charge in [-0.3, -0.25) is 15.0 Å². The molecule has 1 aliphatic carbocycles. The van der Waals surface area contributed by atoms with E-state index in [9.17, 15) is 9.59 Å². The van der Waals surface area contributed by atoms with E-state index < -0.39 is 5.91 Å². The van der Waals surface area contributed by atoms with Crippen LogP contribution in [0.15, 0.2) is 49.3 Å². The molecule has 3 heterocycles. The molecule has 2 aliphatic heterocycles. The second-order valence-corrected chi connectivity index (χ2v) is 7.58. The quantitative estimate of drug-likeness (QED) is 0.802. The van der Waals surface area contributed by atoms with Gasteiger partial charge in [-0.1, -0.05) is 6.07 Å². The van der Waals surface area contributed by atoms with Crippen LogP contribution in [0, 0.1) is 11.3 Å². The maximum atomic E-state index is 12.8. The predicted octanol–water partition coefficient (Wildman–Crippen LogP) is 2.83. The molecule has 3 aliphatic rings. The fourth-order valence-electron chi connectivity index (χ4n) is 3.07. The van der Waals surface area contributed by atoms with Crippen LogP contribution in [0.4, 0.5) is 0 Å². The molecule has 0 saturated heterocycles. The number of hydrogen-bond donors (Lipinski definition) is 1. The van der Waals surface area contributed by atoms with Gasteiger partial charge in [0.05, 0.1) is 23.6 Å². The Bertz CT molecular complexity index is 1210. The molecule has 140 valence electrons. The second kappa shape index (κ2) is 6.16. The van der Waals surface area contributed by atoms with Gasteiger partial charge in [0.2, 0.25) is 5.17 Å². The Morgan fingerprint density at radius 2 is 2.18 bits per heavy atom. The summed E-state index contributed by atoms with van der Waals surface area (Å²) in [5.41, 5.74) is 0.170. The highest BCUT2D eigenvalue weighted by Gasteiger charge is 2.40. The fourth-order valence-corrected chi connectivity index (χ4v) is 4.12. The second-order valence-electron chi connectivity index (χ2n) is 6.59. The van der Waals surface area contributed by atoms with Crippen LogP contribution >= 0.6 is 11.8 Å². The number of hydrazone groups is 1. The predicted molar refractivity (Wildman–Crippen MR) is 107 cm³/mol. The number of amides is 1. The van der Waals surface area contributed by atoms with E-state index in [4.69, 9.17) is 14.6 Å². The van der Waals surface area contributed by atoms with E-state index in [1.54, 1.807) is 18.2 Å². The molecule has 1 aromatic carbocycles. The molecule has 0 radical (unpaired) electrons. The number of fused-ring (bicyclic) bond motifs is 2. The zero-order valence-electron chi connectivity index (χ0n) is 14.8. The van der Waals surface area contributed by atoms with E-state index in [2.05, 4.69) is 10.1 Å². The molecular weight excluding hydrogens is 380 g/mol. The Hall–Kier alpha value is -3.20. The molecule has 1 amide bonds. The summed E-state index contributed by atoms with van der Waals surface area (Å²) in [7, 11) is 1.49. The first-order valence-electron chi connectivity index (χ1n) is 8.65. The molecule has 0 spiro atoms. The van der Waals surface area contributed by atoms with Gasteiger partial charge in [-0.05, 0) is 42.8 Å². The van der Waals surface area contributed by atoms with Gasteiger partial charge in [0.1, 0.15) is 11.3 Å². The van der Waals surface area contributed by atoms with E-state index in [0.717, 1.165) is 17.9 Å². The molecule has 1 fully saturated rings. The first kappa shape index (κ1) is 16.9. The number of aliphatic imine (C=N–C) groups is 1. The Morgan fingerprint density at radius 1 is 1.36 bits per heavy atom. The number of rotatable bonds is 3. The number of amidine groups is 2. The van der Waals surface area contributed by atoms with Gasteiger partial charge in [-0.25, -0.2) is 0 Å². The molecule has 0 atom stereocenters. The number of methoxy groups -OCH3 is 1. The number of para-hydroxylation sites is 1. The van der Waals surface area contributed by atoms with E-state index >= 15 is 0 Å². The van der Waals surface area contributed by atoms with Gasteiger partial charge in [0.15, 0.2) is 22.6 Å². The molecule has 9 heteroatoms. The zero-order valence-corrected chi connectivity index (χ0v) is 15.6. The van der Waals surface area contributed by atoms with Crippen LogP contribution in [0.2, 0.25) is 0 Å². The van der Waals surface area contributed by atoms with Crippen molar-refractivity contribution in [2.75, 3.05) is 7.11 Å². The average Bonchev–Trinajstić information content (AvgIpc) is 3.46. The standard InChI is InChI=1S/C19H14N4O4S/c1-26-13-4-2-3-11-14(24)10(8-27-15(11)13)7-12-16(20)23-19(21-17(12)25)28-18(22-23)9-5-6-9/h2-4,7-9,20H,5-6H2,1H3. The fraction of sp³-hybridized carbons (Fsp3) is 0.211. The van der Waals surface area contributed by atoms with E-state index in [1.807, 2.05) is 0 Å². The molecule has 1 saturated carbocycles. The average molecular weight is 394 g/mol. The molecule has 1 aromatic heterocycles. The highest BCUT2D eigenvalue weighted by molar-refractivity contribution is 8.27. The van der Waals surface area contributed by atoms with Crippen LogP contribution in [0.25, 0.3) is 17.0 Å². The maximum Gasteiger partial charge on any atom is 0.283 e. The number of carbonyl (C=O) groups is 1. The van der Waals surface area contributed by atoms with Gasteiger partial charge in [-0.15, -0.1) is 0 Å². The summed E-state index contributed by atoms with van der Waals surface area (Å²) >= 11 is 1.33. The third-order valence-corrected chi connectivity index (χ3v) is 5.78. The normalized spacial score (nSPS) is 20.5. The van der Waals surface area contributed by atoms with Gasteiger partial charge < -0.3 is 9.15 Å². The van der Waals surface area contributed by atoms with Crippen molar-refractivity contribution < 1.29 is 13.9 Å². The van der Waals surface area contributed by atoms with Crippen molar-refractivity contribution in [1.82, 2.24) is 5.01 Å². The van der Waals surface area contributed by atoms with Crippen molar-refractivity contribution in [2.24, 2.45) is 16.0 Å². The number of nitrogens with one attached hydrogen (secondary N) is 1. The van der Waals surface area contributed by atoms with Gasteiger partial charge in [0, 0.05) is 5.92 Å². The lowest BCUT2D eigenvalue weighted by Gasteiger charge is -2.20. The molecule has 5 rings (SSSR count). The van der Waals surface area contributed by atoms with E-state index in [0.29, 0.717) is 27.8 Å². The van der Waals surface area contributed by atoms with Crippen LogP contribution in [0.5, 0.6) is 5.75 Å². The number of carbonyl (C=O) groups excluding carboxylic acids is 1. The summed E-state index contributed by atoms with van der Waals surface area (Å²) in [6, 6.07) is 5.01.